The maximum atomic E-state index is 12.2. The Morgan fingerprint density at radius 1 is 1.19 bits per heavy atom. The minimum Gasteiger partial charge on any atom is -0.507 e. The van der Waals surface area contributed by atoms with Gasteiger partial charge in [0.25, 0.3) is 0 Å². The number of rotatable bonds is 5. The first-order valence-corrected chi connectivity index (χ1v) is 6.83. The van der Waals surface area contributed by atoms with E-state index < -0.39 is 0 Å². The fraction of sp³-hybridized carbons (Fsp3) is 0.105. The zero-order valence-corrected chi connectivity index (χ0v) is 12.0. The molecule has 0 unspecified atom stereocenters. The number of aromatic hydroxyl groups is 1. The molecule has 0 heterocycles. The van der Waals surface area contributed by atoms with Crippen molar-refractivity contribution in [3.63, 3.8) is 0 Å². The summed E-state index contributed by atoms with van der Waals surface area (Å²) in [6, 6.07) is 13.0. The minimum atomic E-state index is -0.207. The van der Waals surface area contributed by atoms with Crippen LogP contribution in [0.25, 0.3) is 6.08 Å². The predicted octanol–water partition coefficient (Wildman–Crippen LogP) is 4.33. The van der Waals surface area contributed by atoms with Crippen LogP contribution in [0.1, 0.15) is 27.0 Å². The number of benzene rings is 2. The molecule has 2 heteroatoms. The third-order valence-electron chi connectivity index (χ3n) is 3.35. The Kier molecular flexibility index (Phi) is 4.72. The number of allylic oxidation sites excluding steroid dienone is 2. The van der Waals surface area contributed by atoms with Crippen LogP contribution in [0.2, 0.25) is 0 Å². The molecular weight excluding hydrogens is 260 g/mol. The first kappa shape index (κ1) is 14.8. The number of phenols is 1. The molecule has 0 atom stereocenters. The van der Waals surface area contributed by atoms with Crippen molar-refractivity contribution < 1.29 is 9.90 Å². The lowest BCUT2D eigenvalue weighted by atomic mass is 10.0. The van der Waals surface area contributed by atoms with Crippen molar-refractivity contribution in [1.29, 1.82) is 0 Å². The van der Waals surface area contributed by atoms with Crippen LogP contribution >= 0.6 is 0 Å². The van der Waals surface area contributed by atoms with Gasteiger partial charge in [-0.25, -0.2) is 0 Å². The summed E-state index contributed by atoms with van der Waals surface area (Å²) in [5.41, 5.74) is 3.12. The van der Waals surface area contributed by atoms with Crippen LogP contribution in [-0.4, -0.2) is 10.9 Å². The van der Waals surface area contributed by atoms with Gasteiger partial charge < -0.3 is 5.11 Å². The van der Waals surface area contributed by atoms with Gasteiger partial charge in [-0.2, -0.15) is 0 Å². The number of carbonyl (C=O) groups excluding carboxylic acids is 1. The largest absolute Gasteiger partial charge is 0.507 e. The van der Waals surface area contributed by atoms with Crippen molar-refractivity contribution in [3.8, 4) is 5.75 Å². The molecule has 106 valence electrons. The van der Waals surface area contributed by atoms with E-state index in [0.717, 1.165) is 11.1 Å². The van der Waals surface area contributed by atoms with Gasteiger partial charge in [0, 0.05) is 0 Å². The number of aryl methyl sites for hydroxylation is 1. The molecule has 21 heavy (non-hydrogen) atoms. The normalized spacial score (nSPS) is 10.7. The summed E-state index contributed by atoms with van der Waals surface area (Å²) in [4.78, 5) is 12.2. The van der Waals surface area contributed by atoms with Gasteiger partial charge in [0.15, 0.2) is 5.78 Å². The van der Waals surface area contributed by atoms with Crippen molar-refractivity contribution in [2.75, 3.05) is 0 Å². The van der Waals surface area contributed by atoms with E-state index in [-0.39, 0.29) is 11.5 Å². The van der Waals surface area contributed by atoms with Crippen molar-refractivity contribution in [1.82, 2.24) is 0 Å². The van der Waals surface area contributed by atoms with Gasteiger partial charge in [-0.3, -0.25) is 4.79 Å². The van der Waals surface area contributed by atoms with Crippen LogP contribution in [0.15, 0.2) is 61.2 Å². The van der Waals surface area contributed by atoms with Crippen LogP contribution in [0, 0.1) is 6.92 Å². The Morgan fingerprint density at radius 3 is 2.67 bits per heavy atom. The highest BCUT2D eigenvalue weighted by molar-refractivity contribution is 6.08. The summed E-state index contributed by atoms with van der Waals surface area (Å²) in [7, 11) is 0. The Balaban J connectivity index is 2.27. The Morgan fingerprint density at radius 2 is 1.95 bits per heavy atom. The number of hydrogen-bond acceptors (Lipinski definition) is 2. The molecule has 0 bridgehead atoms. The first-order chi connectivity index (χ1) is 10.1. The van der Waals surface area contributed by atoms with Gasteiger partial charge in [-0.05, 0) is 42.2 Å². The van der Waals surface area contributed by atoms with Gasteiger partial charge in [-0.15, -0.1) is 6.58 Å². The highest BCUT2D eigenvalue weighted by Gasteiger charge is 2.11. The average Bonchev–Trinajstić information content (AvgIpc) is 2.48. The first-order valence-electron chi connectivity index (χ1n) is 6.83. The zero-order valence-electron chi connectivity index (χ0n) is 12.0. The molecule has 2 aromatic rings. The standard InChI is InChI=1S/C19H18O2/c1-3-7-16-10-6-11-17(19(16)21)18(20)13-12-15-9-5-4-8-14(15)2/h3-6,8-13,21H,1,7H2,2H3/b13-12+. The monoisotopic (exact) mass is 278 g/mol. The summed E-state index contributed by atoms with van der Waals surface area (Å²) in [6.07, 6.45) is 5.51. The van der Waals surface area contributed by atoms with E-state index in [4.69, 9.17) is 0 Å². The van der Waals surface area contributed by atoms with Crippen LogP contribution in [0.3, 0.4) is 0 Å². The summed E-state index contributed by atoms with van der Waals surface area (Å²) in [5, 5.41) is 10.1. The molecule has 1 N–H and O–H groups in total. The van der Waals surface area contributed by atoms with E-state index in [1.54, 1.807) is 30.4 Å². The van der Waals surface area contributed by atoms with E-state index >= 15 is 0 Å². The number of para-hydroxylation sites is 1. The third kappa shape index (κ3) is 3.48. The molecule has 2 aromatic carbocycles. The maximum Gasteiger partial charge on any atom is 0.189 e. The van der Waals surface area contributed by atoms with Crippen LogP contribution in [0.5, 0.6) is 5.75 Å². The quantitative estimate of drug-likeness (QED) is 0.502. The molecular formula is C19H18O2. The number of ketones is 1. The minimum absolute atomic E-state index is 0.0387. The van der Waals surface area contributed by atoms with Crippen molar-refractivity contribution >= 4 is 11.9 Å². The van der Waals surface area contributed by atoms with Gasteiger partial charge in [0.05, 0.1) is 5.56 Å². The highest BCUT2D eigenvalue weighted by atomic mass is 16.3. The van der Waals surface area contributed by atoms with Crippen LogP contribution in [0.4, 0.5) is 0 Å². The van der Waals surface area contributed by atoms with E-state index in [1.165, 1.54) is 6.08 Å². The average molecular weight is 278 g/mol. The topological polar surface area (TPSA) is 37.3 Å². The fourth-order valence-electron chi connectivity index (χ4n) is 2.14. The van der Waals surface area contributed by atoms with E-state index in [0.29, 0.717) is 17.5 Å². The van der Waals surface area contributed by atoms with Gasteiger partial charge in [-0.1, -0.05) is 48.6 Å². The molecule has 0 radical (unpaired) electrons. The number of phenolic OH excluding ortho intramolecular Hbond substituents is 1. The van der Waals surface area contributed by atoms with Gasteiger partial charge in [0.2, 0.25) is 0 Å². The molecule has 0 spiro atoms. The predicted molar refractivity (Wildman–Crippen MR) is 86.6 cm³/mol. The summed E-state index contributed by atoms with van der Waals surface area (Å²) < 4.78 is 0. The second kappa shape index (κ2) is 6.71. The number of hydrogen-bond donors (Lipinski definition) is 1. The van der Waals surface area contributed by atoms with E-state index in [1.807, 2.05) is 31.2 Å². The Bertz CT molecular complexity index is 696. The molecule has 0 aliphatic heterocycles. The smallest absolute Gasteiger partial charge is 0.189 e. The molecule has 0 fully saturated rings. The zero-order chi connectivity index (χ0) is 15.2. The second-order valence-electron chi connectivity index (χ2n) is 4.86. The van der Waals surface area contributed by atoms with Crippen LogP contribution < -0.4 is 0 Å². The van der Waals surface area contributed by atoms with Crippen molar-refractivity contribution in [2.45, 2.75) is 13.3 Å². The Hall–Kier alpha value is -2.61. The SMILES string of the molecule is C=CCc1cccc(C(=O)/C=C/c2ccccc2C)c1O. The van der Waals surface area contributed by atoms with Crippen molar-refractivity contribution in [3.05, 3.63) is 83.4 Å². The fourth-order valence-corrected chi connectivity index (χ4v) is 2.14. The van der Waals surface area contributed by atoms with Gasteiger partial charge in [0.1, 0.15) is 5.75 Å². The van der Waals surface area contributed by atoms with Crippen molar-refractivity contribution in [2.24, 2.45) is 0 Å². The molecule has 2 rings (SSSR count). The molecule has 0 saturated carbocycles. The molecule has 0 aliphatic carbocycles. The van der Waals surface area contributed by atoms with E-state index in [2.05, 4.69) is 6.58 Å². The lowest BCUT2D eigenvalue weighted by Gasteiger charge is -2.06. The molecule has 0 aromatic heterocycles. The molecule has 2 nitrogen and oxygen atoms in total. The summed E-state index contributed by atoms with van der Waals surface area (Å²) >= 11 is 0. The van der Waals surface area contributed by atoms with Gasteiger partial charge >= 0.3 is 0 Å². The molecule has 0 saturated heterocycles. The second-order valence-corrected chi connectivity index (χ2v) is 4.86. The van der Waals surface area contributed by atoms with Crippen LogP contribution in [-0.2, 0) is 6.42 Å². The maximum absolute atomic E-state index is 12.2. The third-order valence-corrected chi connectivity index (χ3v) is 3.35. The molecule has 0 aliphatic rings. The summed E-state index contributed by atoms with van der Waals surface area (Å²) in [6.45, 7) is 5.64. The summed E-state index contributed by atoms with van der Waals surface area (Å²) in [5.74, 6) is -0.168. The lowest BCUT2D eigenvalue weighted by molar-refractivity contribution is 0.104. The number of carbonyl (C=O) groups is 1. The highest BCUT2D eigenvalue weighted by Crippen LogP contribution is 2.24. The Labute approximate surface area is 125 Å². The molecule has 0 amide bonds. The van der Waals surface area contributed by atoms with E-state index in [9.17, 15) is 9.90 Å². The lowest BCUT2D eigenvalue weighted by Crippen LogP contribution is -1.97.